The average Bonchev–Trinajstić information content (AvgIpc) is 2.68. The highest BCUT2D eigenvalue weighted by molar-refractivity contribution is 5.88. The van der Waals surface area contributed by atoms with Crippen molar-refractivity contribution in [2.75, 3.05) is 0 Å². The van der Waals surface area contributed by atoms with Gasteiger partial charge in [0.05, 0.1) is 23.6 Å². The summed E-state index contributed by atoms with van der Waals surface area (Å²) in [7, 11) is 0. The van der Waals surface area contributed by atoms with Crippen LogP contribution in [0.3, 0.4) is 0 Å². The molecule has 0 saturated carbocycles. The van der Waals surface area contributed by atoms with E-state index in [1.54, 1.807) is 13.0 Å². The smallest absolute Gasteiger partial charge is 0.252 e. The summed E-state index contributed by atoms with van der Waals surface area (Å²) in [5.74, 6) is -2.37. The van der Waals surface area contributed by atoms with Gasteiger partial charge in [-0.1, -0.05) is 6.07 Å². The van der Waals surface area contributed by atoms with Gasteiger partial charge in [-0.15, -0.1) is 0 Å². The number of benzene rings is 1. The second-order valence-electron chi connectivity index (χ2n) is 7.75. The molecule has 7 nitrogen and oxygen atoms in total. The fourth-order valence-electron chi connectivity index (χ4n) is 3.51. The molecule has 0 bridgehead atoms. The largest absolute Gasteiger partial charge is 0.388 e. The Labute approximate surface area is 176 Å². The van der Waals surface area contributed by atoms with Crippen LogP contribution in [0, 0.1) is 29.9 Å². The number of aryl methyl sites for hydroxylation is 1. The number of aromatic amines is 1. The third kappa shape index (κ3) is 4.44. The van der Waals surface area contributed by atoms with Crippen LogP contribution in [0.15, 0.2) is 35.3 Å². The van der Waals surface area contributed by atoms with Gasteiger partial charge in [-0.05, 0) is 38.5 Å². The van der Waals surface area contributed by atoms with Crippen molar-refractivity contribution in [1.29, 1.82) is 5.26 Å². The Kier molecular flexibility index (Phi) is 5.86. The molecule has 3 aromatic rings. The molecule has 9 heteroatoms. The van der Waals surface area contributed by atoms with Crippen LogP contribution in [0.2, 0.25) is 0 Å². The van der Waals surface area contributed by atoms with Gasteiger partial charge in [-0.25, -0.2) is 13.8 Å². The number of nitriles is 1. The molecule has 1 aromatic carbocycles. The van der Waals surface area contributed by atoms with E-state index in [2.05, 4.69) is 15.3 Å². The van der Waals surface area contributed by atoms with Crippen molar-refractivity contribution in [2.45, 2.75) is 38.8 Å². The van der Waals surface area contributed by atoms with Crippen molar-refractivity contribution in [3.8, 4) is 6.07 Å². The number of hydrogen-bond donors (Lipinski definition) is 3. The van der Waals surface area contributed by atoms with E-state index in [1.807, 2.05) is 6.07 Å². The number of fused-ring (bicyclic) bond motifs is 1. The molecule has 0 aliphatic heterocycles. The quantitative estimate of drug-likeness (QED) is 0.579. The molecule has 31 heavy (non-hydrogen) atoms. The lowest BCUT2D eigenvalue weighted by Gasteiger charge is -2.31. The maximum Gasteiger partial charge on any atom is 0.252 e. The monoisotopic (exact) mass is 426 g/mol. The van der Waals surface area contributed by atoms with E-state index in [1.165, 1.54) is 20.0 Å². The molecule has 0 radical (unpaired) electrons. The van der Waals surface area contributed by atoms with Crippen molar-refractivity contribution in [1.82, 2.24) is 15.3 Å². The van der Waals surface area contributed by atoms with Crippen molar-refractivity contribution in [2.24, 2.45) is 0 Å². The van der Waals surface area contributed by atoms with Gasteiger partial charge in [-0.2, -0.15) is 5.26 Å². The third-order valence-corrected chi connectivity index (χ3v) is 5.03. The summed E-state index contributed by atoms with van der Waals surface area (Å²) in [6, 6.07) is 5.14. The Morgan fingerprint density at radius 3 is 2.68 bits per heavy atom. The first-order chi connectivity index (χ1) is 14.5. The first-order valence-electron chi connectivity index (χ1n) is 9.40. The number of aliphatic hydroxyl groups is 1. The Hall–Kier alpha value is -3.64. The highest BCUT2D eigenvalue weighted by Gasteiger charge is 2.32. The fraction of sp³-hybridized carbons (Fsp3) is 0.273. The predicted molar refractivity (Wildman–Crippen MR) is 109 cm³/mol. The van der Waals surface area contributed by atoms with E-state index in [-0.39, 0.29) is 23.2 Å². The van der Waals surface area contributed by atoms with E-state index < -0.39 is 34.7 Å². The Balaban J connectivity index is 1.98. The van der Waals surface area contributed by atoms with Gasteiger partial charge in [-0.3, -0.25) is 9.59 Å². The maximum atomic E-state index is 14.3. The molecule has 3 N–H and O–H groups in total. The van der Waals surface area contributed by atoms with Crippen LogP contribution < -0.4 is 10.9 Å². The molecule has 2 heterocycles. The zero-order valence-corrected chi connectivity index (χ0v) is 17.1. The van der Waals surface area contributed by atoms with Crippen molar-refractivity contribution in [3.63, 3.8) is 0 Å². The minimum absolute atomic E-state index is 0.0950. The topological polar surface area (TPSA) is 119 Å². The average molecular weight is 426 g/mol. The summed E-state index contributed by atoms with van der Waals surface area (Å²) in [6.45, 7) is 4.36. The number of aromatic nitrogens is 2. The lowest BCUT2D eigenvalue weighted by Crippen LogP contribution is -2.43. The van der Waals surface area contributed by atoms with E-state index in [9.17, 15) is 28.7 Å². The van der Waals surface area contributed by atoms with Crippen molar-refractivity contribution < 1.29 is 18.7 Å². The summed E-state index contributed by atoms with van der Waals surface area (Å²) in [5, 5.41) is 22.7. The summed E-state index contributed by atoms with van der Waals surface area (Å²) in [5.41, 5.74) is -1.13. The van der Waals surface area contributed by atoms with Crippen LogP contribution in [-0.2, 0) is 11.2 Å². The number of hydrogen-bond acceptors (Lipinski definition) is 5. The van der Waals surface area contributed by atoms with Crippen LogP contribution >= 0.6 is 0 Å². The van der Waals surface area contributed by atoms with Crippen LogP contribution in [0.5, 0.6) is 0 Å². The number of rotatable bonds is 5. The molecule has 0 unspecified atom stereocenters. The minimum Gasteiger partial charge on any atom is -0.388 e. The highest BCUT2D eigenvalue weighted by Crippen LogP contribution is 2.28. The fourth-order valence-corrected chi connectivity index (χ4v) is 3.51. The first-order valence-corrected chi connectivity index (χ1v) is 9.40. The Morgan fingerprint density at radius 2 is 2.06 bits per heavy atom. The maximum absolute atomic E-state index is 14.3. The van der Waals surface area contributed by atoms with Crippen molar-refractivity contribution in [3.05, 3.63) is 74.8 Å². The zero-order chi connectivity index (χ0) is 22.9. The second kappa shape index (κ2) is 8.24. The molecule has 1 atom stereocenters. The molecule has 0 aliphatic rings. The summed E-state index contributed by atoms with van der Waals surface area (Å²) >= 11 is 0. The van der Waals surface area contributed by atoms with Gasteiger partial charge in [0.2, 0.25) is 5.91 Å². The number of carbonyl (C=O) groups excluding carboxylic acids is 1. The standard InChI is InChI=1S/C22H20F2N4O3/c1-11-14(21(30)27-16-6-7-26-17(10-25)19(11)16)9-18(29)28-20(22(2,3)31)13-5-4-12(23)8-15(13)24/h4-8,20,31H,9H2,1-3H3,(H,27,30)(H,28,29)/t20-/m1/s1. The molecule has 2 aromatic heterocycles. The number of H-pyrrole nitrogens is 1. The van der Waals surface area contributed by atoms with E-state index in [0.29, 0.717) is 22.5 Å². The lowest BCUT2D eigenvalue weighted by atomic mass is 9.91. The Bertz CT molecular complexity index is 1270. The Morgan fingerprint density at radius 1 is 1.35 bits per heavy atom. The second-order valence-corrected chi connectivity index (χ2v) is 7.75. The normalized spacial score (nSPS) is 12.4. The summed E-state index contributed by atoms with van der Waals surface area (Å²) in [4.78, 5) is 31.9. The number of halogens is 2. The van der Waals surface area contributed by atoms with Crippen LogP contribution in [0.25, 0.3) is 10.9 Å². The van der Waals surface area contributed by atoms with Gasteiger partial charge in [0.25, 0.3) is 5.56 Å². The number of nitrogens with one attached hydrogen (secondary N) is 2. The van der Waals surface area contributed by atoms with Gasteiger partial charge in [0.1, 0.15) is 23.4 Å². The molecule has 160 valence electrons. The zero-order valence-electron chi connectivity index (χ0n) is 17.1. The number of amides is 1. The number of carbonyl (C=O) groups is 1. The van der Waals surface area contributed by atoms with Gasteiger partial charge < -0.3 is 15.4 Å². The van der Waals surface area contributed by atoms with Crippen LogP contribution in [0.1, 0.15) is 42.3 Å². The number of nitrogens with zero attached hydrogens (tertiary/aromatic N) is 2. The molecular weight excluding hydrogens is 406 g/mol. The van der Waals surface area contributed by atoms with E-state index in [4.69, 9.17) is 0 Å². The molecule has 0 fully saturated rings. The molecular formula is C22H20F2N4O3. The highest BCUT2D eigenvalue weighted by atomic mass is 19.1. The SMILES string of the molecule is Cc1c(CC(=O)N[C@H](c2ccc(F)cc2F)C(C)(C)O)c(=O)[nH]c2ccnc(C#N)c12. The third-order valence-electron chi connectivity index (χ3n) is 5.03. The molecule has 0 aliphatic carbocycles. The first kappa shape index (κ1) is 22.1. The molecule has 0 saturated heterocycles. The molecule has 1 amide bonds. The van der Waals surface area contributed by atoms with Gasteiger partial charge in [0, 0.05) is 28.8 Å². The van der Waals surface area contributed by atoms with E-state index in [0.717, 1.165) is 12.1 Å². The van der Waals surface area contributed by atoms with Gasteiger partial charge in [0.15, 0.2) is 0 Å². The van der Waals surface area contributed by atoms with Crippen LogP contribution in [0.4, 0.5) is 8.78 Å². The predicted octanol–water partition coefficient (Wildman–Crippen LogP) is 2.55. The van der Waals surface area contributed by atoms with Crippen molar-refractivity contribution >= 4 is 16.8 Å². The summed E-state index contributed by atoms with van der Waals surface area (Å²) in [6.07, 6.45) is 1.01. The molecule has 0 spiro atoms. The van der Waals surface area contributed by atoms with Crippen LogP contribution in [-0.4, -0.2) is 26.6 Å². The summed E-state index contributed by atoms with van der Waals surface area (Å²) < 4.78 is 27.6. The minimum atomic E-state index is -1.59. The molecule has 3 rings (SSSR count). The number of pyridine rings is 2. The van der Waals surface area contributed by atoms with Gasteiger partial charge >= 0.3 is 0 Å². The van der Waals surface area contributed by atoms with E-state index >= 15 is 0 Å². The lowest BCUT2D eigenvalue weighted by molar-refractivity contribution is -0.123.